The van der Waals surface area contributed by atoms with E-state index in [0.29, 0.717) is 18.1 Å². The van der Waals surface area contributed by atoms with Crippen molar-refractivity contribution in [3.63, 3.8) is 0 Å². The molecule has 0 aromatic heterocycles. The first kappa shape index (κ1) is 16.1. The Bertz CT molecular complexity index is 516. The summed E-state index contributed by atoms with van der Waals surface area (Å²) in [6.07, 6.45) is 3.70. The number of likely N-dealkylation sites (tertiary alicyclic amines) is 1. The molecule has 0 bridgehead atoms. The number of phenols is 1. The predicted molar refractivity (Wildman–Crippen MR) is 82.7 cm³/mol. The lowest BCUT2D eigenvalue weighted by molar-refractivity contribution is 0.0221. The molecule has 5 heteroatoms. The van der Waals surface area contributed by atoms with E-state index in [1.165, 1.54) is 6.07 Å². The Kier molecular flexibility index (Phi) is 5.12. The van der Waals surface area contributed by atoms with Crippen molar-refractivity contribution in [1.29, 1.82) is 0 Å². The molecule has 1 aliphatic heterocycles. The van der Waals surface area contributed by atoms with Crippen LogP contribution in [0.15, 0.2) is 18.2 Å². The van der Waals surface area contributed by atoms with Gasteiger partial charge in [0.1, 0.15) is 5.75 Å². The molecule has 0 aliphatic carbocycles. The van der Waals surface area contributed by atoms with Crippen molar-refractivity contribution in [1.82, 2.24) is 4.90 Å². The maximum atomic E-state index is 12.6. The molecule has 2 rings (SSSR count). The van der Waals surface area contributed by atoms with Gasteiger partial charge in [0.05, 0.1) is 12.2 Å². The van der Waals surface area contributed by atoms with Crippen molar-refractivity contribution < 1.29 is 15.0 Å². The summed E-state index contributed by atoms with van der Waals surface area (Å²) < 4.78 is 0. The first-order valence-electron chi connectivity index (χ1n) is 7.40. The van der Waals surface area contributed by atoms with E-state index < -0.39 is 0 Å². The molecule has 1 fully saturated rings. The molecule has 1 aliphatic rings. The molecule has 0 saturated carbocycles. The average Bonchev–Trinajstić information content (AvgIpc) is 2.47. The lowest BCUT2D eigenvalue weighted by Crippen LogP contribution is -2.47. The average molecular weight is 312 g/mol. The zero-order valence-corrected chi connectivity index (χ0v) is 13.1. The molecule has 1 aromatic carbocycles. The monoisotopic (exact) mass is 311 g/mol. The summed E-state index contributed by atoms with van der Waals surface area (Å²) in [7, 11) is 0. The number of phenolic OH excluding ortho intramolecular Hbond substituents is 1. The number of carbonyl (C=O) groups is 1. The molecule has 2 N–H and O–H groups in total. The number of hydrogen-bond donors (Lipinski definition) is 2. The smallest absolute Gasteiger partial charge is 0.257 e. The van der Waals surface area contributed by atoms with Crippen molar-refractivity contribution in [2.75, 3.05) is 19.7 Å². The van der Waals surface area contributed by atoms with Gasteiger partial charge in [0.2, 0.25) is 0 Å². The molecule has 21 heavy (non-hydrogen) atoms. The highest BCUT2D eigenvalue weighted by molar-refractivity contribution is 6.30. The molecule has 0 spiro atoms. The Hall–Kier alpha value is -1.26. The molecule has 1 heterocycles. The van der Waals surface area contributed by atoms with Gasteiger partial charge in [-0.25, -0.2) is 0 Å². The maximum absolute atomic E-state index is 12.6. The minimum atomic E-state index is -0.204. The summed E-state index contributed by atoms with van der Waals surface area (Å²) >= 11 is 5.80. The first-order chi connectivity index (χ1) is 10.0. The summed E-state index contributed by atoms with van der Waals surface area (Å²) in [5, 5.41) is 20.0. The molecule has 4 nitrogen and oxygen atoms in total. The van der Waals surface area contributed by atoms with Crippen LogP contribution in [0.1, 0.15) is 43.0 Å². The van der Waals surface area contributed by atoms with E-state index in [1.807, 2.05) is 0 Å². The Labute approximate surface area is 130 Å². The van der Waals surface area contributed by atoms with E-state index in [4.69, 9.17) is 11.6 Å². The highest BCUT2D eigenvalue weighted by atomic mass is 35.5. The Balaban J connectivity index is 2.19. The van der Waals surface area contributed by atoms with Gasteiger partial charge in [-0.2, -0.15) is 0 Å². The van der Waals surface area contributed by atoms with Crippen LogP contribution >= 0.6 is 11.6 Å². The number of carbonyl (C=O) groups excluding carboxylic acids is 1. The van der Waals surface area contributed by atoms with Crippen molar-refractivity contribution in [2.45, 2.75) is 32.6 Å². The summed E-state index contributed by atoms with van der Waals surface area (Å²) in [6, 6.07) is 4.53. The third-order valence-corrected chi connectivity index (χ3v) is 4.49. The van der Waals surface area contributed by atoms with Crippen molar-refractivity contribution in [3.05, 3.63) is 28.8 Å². The summed E-state index contributed by atoms with van der Waals surface area (Å²) in [5.41, 5.74) is 0.0645. The van der Waals surface area contributed by atoms with Crippen LogP contribution in [0.25, 0.3) is 0 Å². The van der Waals surface area contributed by atoms with Gasteiger partial charge < -0.3 is 15.1 Å². The topological polar surface area (TPSA) is 60.8 Å². The van der Waals surface area contributed by atoms with Crippen molar-refractivity contribution >= 4 is 17.5 Å². The van der Waals surface area contributed by atoms with Crippen LogP contribution in [-0.2, 0) is 0 Å². The van der Waals surface area contributed by atoms with E-state index in [2.05, 4.69) is 6.92 Å². The fraction of sp³-hybridized carbons (Fsp3) is 0.562. The van der Waals surface area contributed by atoms with Gasteiger partial charge in [-0.15, -0.1) is 0 Å². The molecule has 0 unspecified atom stereocenters. The molecule has 116 valence electrons. The Morgan fingerprint density at radius 1 is 1.48 bits per heavy atom. The fourth-order valence-electron chi connectivity index (χ4n) is 3.18. The van der Waals surface area contributed by atoms with Gasteiger partial charge in [-0.1, -0.05) is 24.9 Å². The van der Waals surface area contributed by atoms with Crippen LogP contribution in [0.5, 0.6) is 5.75 Å². The summed E-state index contributed by atoms with van der Waals surface area (Å²) in [4.78, 5) is 14.3. The third kappa shape index (κ3) is 3.50. The van der Waals surface area contributed by atoms with Gasteiger partial charge in [-0.3, -0.25) is 4.79 Å². The van der Waals surface area contributed by atoms with E-state index >= 15 is 0 Å². The fourth-order valence-corrected chi connectivity index (χ4v) is 3.35. The van der Waals surface area contributed by atoms with Gasteiger partial charge >= 0.3 is 0 Å². The molecule has 0 radical (unpaired) electrons. The number of halogens is 1. The van der Waals surface area contributed by atoms with Crippen LogP contribution < -0.4 is 0 Å². The highest BCUT2D eigenvalue weighted by Crippen LogP contribution is 2.35. The van der Waals surface area contributed by atoms with E-state index in [1.54, 1.807) is 17.0 Å². The number of benzene rings is 1. The lowest BCUT2D eigenvalue weighted by atomic mass is 9.77. The number of rotatable bonds is 4. The van der Waals surface area contributed by atoms with Crippen LogP contribution in [0.4, 0.5) is 0 Å². The number of aliphatic hydroxyl groups is 1. The van der Waals surface area contributed by atoms with Crippen LogP contribution in [-0.4, -0.2) is 40.7 Å². The van der Waals surface area contributed by atoms with E-state index in [0.717, 1.165) is 25.7 Å². The minimum Gasteiger partial charge on any atom is -0.507 e. The van der Waals surface area contributed by atoms with Crippen molar-refractivity contribution in [3.8, 4) is 5.75 Å². The first-order valence-corrected chi connectivity index (χ1v) is 7.78. The van der Waals surface area contributed by atoms with E-state index in [-0.39, 0.29) is 29.2 Å². The number of aliphatic hydroxyl groups excluding tert-OH is 1. The van der Waals surface area contributed by atoms with Gasteiger partial charge in [-0.05, 0) is 37.5 Å². The zero-order chi connectivity index (χ0) is 15.5. The second-order valence-corrected chi connectivity index (χ2v) is 6.34. The third-order valence-electron chi connectivity index (χ3n) is 4.25. The zero-order valence-electron chi connectivity index (χ0n) is 12.3. The SMILES string of the molecule is CCC[C@]1(CO)CCCN(C(=O)c2ccc(Cl)cc2O)C1. The maximum Gasteiger partial charge on any atom is 0.257 e. The molecule has 1 aromatic rings. The van der Waals surface area contributed by atoms with Crippen molar-refractivity contribution in [2.24, 2.45) is 5.41 Å². The van der Waals surface area contributed by atoms with E-state index in [9.17, 15) is 15.0 Å². The second-order valence-electron chi connectivity index (χ2n) is 5.90. The number of nitrogens with zero attached hydrogens (tertiary/aromatic N) is 1. The Morgan fingerprint density at radius 3 is 2.86 bits per heavy atom. The second kappa shape index (κ2) is 6.67. The van der Waals surface area contributed by atoms with Crippen LogP contribution in [0.2, 0.25) is 5.02 Å². The molecular formula is C16H22ClNO3. The largest absolute Gasteiger partial charge is 0.507 e. The predicted octanol–water partition coefficient (Wildman–Crippen LogP) is 3.06. The number of aromatic hydroxyl groups is 1. The summed E-state index contributed by atoms with van der Waals surface area (Å²) in [5.74, 6) is -0.291. The summed E-state index contributed by atoms with van der Waals surface area (Å²) in [6.45, 7) is 3.38. The number of amides is 1. The highest BCUT2D eigenvalue weighted by Gasteiger charge is 2.36. The van der Waals surface area contributed by atoms with Crippen LogP contribution in [0, 0.1) is 5.41 Å². The molecular weight excluding hydrogens is 290 g/mol. The van der Waals surface area contributed by atoms with Gasteiger partial charge in [0.25, 0.3) is 5.91 Å². The van der Waals surface area contributed by atoms with Crippen LogP contribution in [0.3, 0.4) is 0 Å². The normalized spacial score (nSPS) is 22.3. The van der Waals surface area contributed by atoms with Gasteiger partial charge in [0, 0.05) is 23.5 Å². The molecule has 1 atom stereocenters. The lowest BCUT2D eigenvalue weighted by Gasteiger charge is -2.42. The standard InChI is InChI=1S/C16H22ClNO3/c1-2-6-16(11-19)7-3-8-18(10-16)15(21)13-5-4-12(17)9-14(13)20/h4-5,9,19-20H,2-3,6-8,10-11H2,1H3/t16-/m0/s1. The molecule has 1 saturated heterocycles. The molecule has 1 amide bonds. The minimum absolute atomic E-state index is 0.0943. The Morgan fingerprint density at radius 2 is 2.24 bits per heavy atom. The number of piperidine rings is 1. The quantitative estimate of drug-likeness (QED) is 0.898. The number of hydrogen-bond acceptors (Lipinski definition) is 3. The van der Waals surface area contributed by atoms with Gasteiger partial charge in [0.15, 0.2) is 0 Å².